The highest BCUT2D eigenvalue weighted by atomic mass is 16.5. The standard InChI is InChI=1S/C15H22O3/c1-3-18-15(16)11-6-4-5-8-13-9-7-10-14(12-13)17-2/h7,9-10,12H,3-6,8,11H2,1-2H3. The lowest BCUT2D eigenvalue weighted by Crippen LogP contribution is -2.03. The summed E-state index contributed by atoms with van der Waals surface area (Å²) in [6.07, 6.45) is 4.61. The van der Waals surface area contributed by atoms with E-state index in [4.69, 9.17) is 9.47 Å². The number of ether oxygens (including phenoxy) is 2. The molecule has 0 saturated heterocycles. The van der Waals surface area contributed by atoms with Crippen LogP contribution in [0.1, 0.15) is 38.2 Å². The number of aryl methyl sites for hydroxylation is 1. The molecule has 0 fully saturated rings. The molecule has 0 radical (unpaired) electrons. The summed E-state index contributed by atoms with van der Waals surface area (Å²) < 4.78 is 10.1. The summed E-state index contributed by atoms with van der Waals surface area (Å²) in [7, 11) is 1.68. The van der Waals surface area contributed by atoms with E-state index >= 15 is 0 Å². The Morgan fingerprint density at radius 1 is 1.22 bits per heavy atom. The summed E-state index contributed by atoms with van der Waals surface area (Å²) in [5, 5.41) is 0. The van der Waals surface area contributed by atoms with Crippen molar-refractivity contribution in [3.63, 3.8) is 0 Å². The summed E-state index contributed by atoms with van der Waals surface area (Å²) in [5.74, 6) is 0.818. The number of hydrogen-bond donors (Lipinski definition) is 0. The van der Waals surface area contributed by atoms with Crippen LogP contribution in [0.2, 0.25) is 0 Å². The second kappa shape index (κ2) is 8.56. The highest BCUT2D eigenvalue weighted by Crippen LogP contribution is 2.15. The number of hydrogen-bond acceptors (Lipinski definition) is 3. The van der Waals surface area contributed by atoms with Gasteiger partial charge in [0.15, 0.2) is 0 Å². The maximum absolute atomic E-state index is 11.1. The molecule has 100 valence electrons. The molecule has 0 N–H and O–H groups in total. The first-order chi connectivity index (χ1) is 8.76. The van der Waals surface area contributed by atoms with Crippen molar-refractivity contribution in [2.24, 2.45) is 0 Å². The number of methoxy groups -OCH3 is 1. The molecular formula is C15H22O3. The van der Waals surface area contributed by atoms with Gasteiger partial charge in [-0.05, 0) is 43.9 Å². The van der Waals surface area contributed by atoms with Crippen molar-refractivity contribution >= 4 is 5.97 Å². The molecule has 0 unspecified atom stereocenters. The minimum Gasteiger partial charge on any atom is -0.497 e. The second-order valence-electron chi connectivity index (χ2n) is 4.22. The van der Waals surface area contributed by atoms with Crippen LogP contribution in [0, 0.1) is 0 Å². The predicted octanol–water partition coefficient (Wildman–Crippen LogP) is 3.36. The van der Waals surface area contributed by atoms with Crippen molar-refractivity contribution in [3.05, 3.63) is 29.8 Å². The Balaban J connectivity index is 2.15. The number of unbranched alkanes of at least 4 members (excludes halogenated alkanes) is 2. The van der Waals surface area contributed by atoms with Crippen LogP contribution >= 0.6 is 0 Å². The fourth-order valence-corrected chi connectivity index (χ4v) is 1.84. The first kappa shape index (κ1) is 14.6. The molecule has 18 heavy (non-hydrogen) atoms. The van der Waals surface area contributed by atoms with Gasteiger partial charge in [-0.25, -0.2) is 0 Å². The zero-order chi connectivity index (χ0) is 13.2. The van der Waals surface area contributed by atoms with Gasteiger partial charge in [0.1, 0.15) is 5.75 Å². The van der Waals surface area contributed by atoms with Crippen LogP contribution in [0.25, 0.3) is 0 Å². The topological polar surface area (TPSA) is 35.5 Å². The second-order valence-corrected chi connectivity index (χ2v) is 4.22. The smallest absolute Gasteiger partial charge is 0.305 e. The Morgan fingerprint density at radius 2 is 2.06 bits per heavy atom. The van der Waals surface area contributed by atoms with Gasteiger partial charge in [-0.2, -0.15) is 0 Å². The van der Waals surface area contributed by atoms with E-state index in [0.717, 1.165) is 31.4 Å². The molecule has 1 rings (SSSR count). The van der Waals surface area contributed by atoms with Gasteiger partial charge in [0.05, 0.1) is 13.7 Å². The summed E-state index contributed by atoms with van der Waals surface area (Å²) in [6.45, 7) is 2.31. The number of benzene rings is 1. The molecule has 3 heteroatoms. The Labute approximate surface area is 109 Å². The maximum Gasteiger partial charge on any atom is 0.305 e. The molecule has 0 atom stereocenters. The average Bonchev–Trinajstić information content (AvgIpc) is 2.39. The lowest BCUT2D eigenvalue weighted by molar-refractivity contribution is -0.143. The van der Waals surface area contributed by atoms with E-state index in [-0.39, 0.29) is 5.97 Å². The van der Waals surface area contributed by atoms with Crippen molar-refractivity contribution in [2.45, 2.75) is 39.0 Å². The molecule has 0 amide bonds. The SMILES string of the molecule is CCOC(=O)CCCCCc1cccc(OC)c1. The van der Waals surface area contributed by atoms with Crippen molar-refractivity contribution in [1.29, 1.82) is 0 Å². The normalized spacial score (nSPS) is 10.1. The highest BCUT2D eigenvalue weighted by molar-refractivity contribution is 5.69. The average molecular weight is 250 g/mol. The molecule has 0 heterocycles. The summed E-state index contributed by atoms with van der Waals surface area (Å²) in [4.78, 5) is 11.1. The van der Waals surface area contributed by atoms with Gasteiger partial charge >= 0.3 is 5.97 Å². The first-order valence-electron chi connectivity index (χ1n) is 6.54. The molecule has 1 aromatic rings. The molecule has 0 aliphatic carbocycles. The fourth-order valence-electron chi connectivity index (χ4n) is 1.84. The van der Waals surface area contributed by atoms with Crippen molar-refractivity contribution in [1.82, 2.24) is 0 Å². The molecule has 0 aliphatic rings. The third kappa shape index (κ3) is 5.71. The van der Waals surface area contributed by atoms with Gasteiger partial charge in [-0.1, -0.05) is 18.6 Å². The Kier molecular flexibility index (Phi) is 6.92. The first-order valence-corrected chi connectivity index (χ1v) is 6.54. The van der Waals surface area contributed by atoms with Crippen LogP contribution in [0.4, 0.5) is 0 Å². The van der Waals surface area contributed by atoms with E-state index in [1.54, 1.807) is 7.11 Å². The van der Waals surface area contributed by atoms with E-state index in [1.807, 2.05) is 19.1 Å². The fraction of sp³-hybridized carbons (Fsp3) is 0.533. The number of carbonyl (C=O) groups excluding carboxylic acids is 1. The molecule has 0 aliphatic heterocycles. The molecular weight excluding hydrogens is 228 g/mol. The van der Waals surface area contributed by atoms with Crippen LogP contribution in [0.3, 0.4) is 0 Å². The van der Waals surface area contributed by atoms with Gasteiger partial charge < -0.3 is 9.47 Å². The van der Waals surface area contributed by atoms with Gasteiger partial charge in [-0.15, -0.1) is 0 Å². The van der Waals surface area contributed by atoms with E-state index in [0.29, 0.717) is 13.0 Å². The van der Waals surface area contributed by atoms with E-state index in [2.05, 4.69) is 12.1 Å². The van der Waals surface area contributed by atoms with Crippen molar-refractivity contribution < 1.29 is 14.3 Å². The van der Waals surface area contributed by atoms with Crippen LogP contribution < -0.4 is 4.74 Å². The quantitative estimate of drug-likeness (QED) is 0.524. The lowest BCUT2D eigenvalue weighted by atomic mass is 10.1. The van der Waals surface area contributed by atoms with Crippen LogP contribution in [0.5, 0.6) is 5.75 Å². The lowest BCUT2D eigenvalue weighted by Gasteiger charge is -2.04. The van der Waals surface area contributed by atoms with E-state index < -0.39 is 0 Å². The van der Waals surface area contributed by atoms with Crippen molar-refractivity contribution in [2.75, 3.05) is 13.7 Å². The van der Waals surface area contributed by atoms with Crippen LogP contribution in [0.15, 0.2) is 24.3 Å². The predicted molar refractivity (Wildman–Crippen MR) is 71.8 cm³/mol. The Hall–Kier alpha value is -1.51. The Morgan fingerprint density at radius 3 is 2.78 bits per heavy atom. The summed E-state index contributed by atoms with van der Waals surface area (Å²) in [5.41, 5.74) is 1.28. The van der Waals surface area contributed by atoms with Gasteiger partial charge in [-0.3, -0.25) is 4.79 Å². The van der Waals surface area contributed by atoms with Crippen molar-refractivity contribution in [3.8, 4) is 5.75 Å². The Bertz CT molecular complexity index is 361. The minimum atomic E-state index is -0.0844. The van der Waals surface area contributed by atoms with Gasteiger partial charge in [0.25, 0.3) is 0 Å². The molecule has 0 bridgehead atoms. The number of rotatable bonds is 8. The summed E-state index contributed by atoms with van der Waals surface area (Å²) in [6, 6.07) is 8.12. The van der Waals surface area contributed by atoms with E-state index in [9.17, 15) is 4.79 Å². The number of esters is 1. The molecule has 0 aromatic heterocycles. The largest absolute Gasteiger partial charge is 0.497 e. The third-order valence-electron chi connectivity index (χ3n) is 2.79. The third-order valence-corrected chi connectivity index (χ3v) is 2.79. The maximum atomic E-state index is 11.1. The zero-order valence-corrected chi connectivity index (χ0v) is 11.3. The minimum absolute atomic E-state index is 0.0844. The van der Waals surface area contributed by atoms with E-state index in [1.165, 1.54) is 5.56 Å². The zero-order valence-electron chi connectivity index (χ0n) is 11.3. The molecule has 3 nitrogen and oxygen atoms in total. The molecule has 0 saturated carbocycles. The van der Waals surface area contributed by atoms with Gasteiger partial charge in [0, 0.05) is 6.42 Å². The van der Waals surface area contributed by atoms with Crippen LogP contribution in [-0.4, -0.2) is 19.7 Å². The van der Waals surface area contributed by atoms with Gasteiger partial charge in [0.2, 0.25) is 0 Å². The molecule has 0 spiro atoms. The summed E-state index contributed by atoms with van der Waals surface area (Å²) >= 11 is 0. The number of carbonyl (C=O) groups is 1. The highest BCUT2D eigenvalue weighted by Gasteiger charge is 2.01. The monoisotopic (exact) mass is 250 g/mol. The van der Waals surface area contributed by atoms with Crippen LogP contribution in [-0.2, 0) is 16.0 Å². The molecule has 1 aromatic carbocycles.